The smallest absolute Gasteiger partial charge is 0.260 e. The summed E-state index contributed by atoms with van der Waals surface area (Å²) < 4.78 is 5.41. The molecule has 1 aromatic rings. The van der Waals surface area contributed by atoms with Gasteiger partial charge in [-0.05, 0) is 25.5 Å². The molecule has 0 radical (unpaired) electrons. The molecule has 2 unspecified atom stereocenters. The van der Waals surface area contributed by atoms with E-state index < -0.39 is 12.0 Å². The molecule has 3 N–H and O–H groups in total. The van der Waals surface area contributed by atoms with Crippen molar-refractivity contribution in [2.45, 2.75) is 19.4 Å². The highest BCUT2D eigenvalue weighted by Crippen LogP contribution is 2.21. The molecule has 0 aromatic heterocycles. The number of hydrogen-bond donors (Lipinski definition) is 2. The van der Waals surface area contributed by atoms with Crippen molar-refractivity contribution >= 4 is 11.8 Å². The number of aliphatic hydroxyl groups excluding tert-OH is 1. The molecule has 1 saturated heterocycles. The number of aliphatic hydroxyl groups is 1. The lowest BCUT2D eigenvalue weighted by Crippen LogP contribution is -2.34. The molecule has 1 aliphatic rings. The number of benzene rings is 1. The highest BCUT2D eigenvalue weighted by molar-refractivity contribution is 5.95. The maximum Gasteiger partial charge on any atom is 0.260 e. The van der Waals surface area contributed by atoms with E-state index in [4.69, 9.17) is 10.5 Å². The largest absolute Gasteiger partial charge is 0.483 e. The number of para-hydroxylation sites is 1. The molecule has 21 heavy (non-hydrogen) atoms. The van der Waals surface area contributed by atoms with Crippen LogP contribution in [0.5, 0.6) is 5.75 Å². The highest BCUT2D eigenvalue weighted by Gasteiger charge is 2.29. The summed E-state index contributed by atoms with van der Waals surface area (Å²) in [5.74, 6) is -0.317. The van der Waals surface area contributed by atoms with Gasteiger partial charge >= 0.3 is 0 Å². The minimum atomic E-state index is -0.589. The average molecular weight is 292 g/mol. The third-order valence-corrected chi connectivity index (χ3v) is 3.76. The van der Waals surface area contributed by atoms with Crippen LogP contribution in [0.1, 0.15) is 23.7 Å². The summed E-state index contributed by atoms with van der Waals surface area (Å²) in [6.07, 6.45) is 0.376. The second-order valence-electron chi connectivity index (χ2n) is 5.28. The van der Waals surface area contributed by atoms with Gasteiger partial charge in [0.15, 0.2) is 6.61 Å². The Balaban J connectivity index is 1.92. The first-order valence-electron chi connectivity index (χ1n) is 6.96. The number of amides is 2. The zero-order chi connectivity index (χ0) is 15.4. The van der Waals surface area contributed by atoms with Gasteiger partial charge in [-0.3, -0.25) is 9.59 Å². The Labute approximate surface area is 123 Å². The summed E-state index contributed by atoms with van der Waals surface area (Å²) in [5.41, 5.74) is 5.51. The first-order chi connectivity index (χ1) is 9.99. The fraction of sp³-hybridized carbons (Fsp3) is 0.467. The van der Waals surface area contributed by atoms with Gasteiger partial charge in [0.05, 0.1) is 11.7 Å². The van der Waals surface area contributed by atoms with Crippen molar-refractivity contribution < 1.29 is 19.4 Å². The third kappa shape index (κ3) is 3.72. The lowest BCUT2D eigenvalue weighted by molar-refractivity contribution is -0.132. The van der Waals surface area contributed by atoms with Gasteiger partial charge in [0.2, 0.25) is 0 Å². The summed E-state index contributed by atoms with van der Waals surface area (Å²) in [4.78, 5) is 25.0. The van der Waals surface area contributed by atoms with Gasteiger partial charge in [-0.2, -0.15) is 0 Å². The van der Waals surface area contributed by atoms with Gasteiger partial charge in [0.1, 0.15) is 5.75 Å². The standard InChI is InChI=1S/C15H20N2O4/c1-10(18)11-6-7-17(8-11)14(19)9-21-13-5-3-2-4-12(13)15(16)20/h2-5,10-11,18H,6-9H2,1H3,(H2,16,20). The molecule has 1 heterocycles. The average Bonchev–Trinajstić information content (AvgIpc) is 2.95. The molecule has 2 rings (SSSR count). The van der Waals surface area contributed by atoms with Crippen LogP contribution >= 0.6 is 0 Å². The van der Waals surface area contributed by atoms with E-state index in [9.17, 15) is 14.7 Å². The maximum absolute atomic E-state index is 12.1. The van der Waals surface area contributed by atoms with E-state index in [-0.39, 0.29) is 24.0 Å². The summed E-state index contributed by atoms with van der Waals surface area (Å²) in [6.45, 7) is 2.75. The summed E-state index contributed by atoms with van der Waals surface area (Å²) in [5, 5.41) is 9.54. The van der Waals surface area contributed by atoms with Crippen molar-refractivity contribution in [3.05, 3.63) is 29.8 Å². The zero-order valence-corrected chi connectivity index (χ0v) is 12.0. The first kappa shape index (κ1) is 15.3. The van der Waals surface area contributed by atoms with E-state index in [0.29, 0.717) is 18.8 Å². The second-order valence-corrected chi connectivity index (χ2v) is 5.28. The Morgan fingerprint density at radius 2 is 2.19 bits per heavy atom. The monoisotopic (exact) mass is 292 g/mol. The normalized spacial score (nSPS) is 19.3. The van der Waals surface area contributed by atoms with Crippen LogP contribution in [0, 0.1) is 5.92 Å². The van der Waals surface area contributed by atoms with E-state index in [1.54, 1.807) is 36.1 Å². The van der Waals surface area contributed by atoms with Crippen molar-refractivity contribution in [3.8, 4) is 5.75 Å². The van der Waals surface area contributed by atoms with Gasteiger partial charge < -0.3 is 20.5 Å². The molecule has 2 amide bonds. The SMILES string of the molecule is CC(O)C1CCN(C(=O)COc2ccccc2C(N)=O)C1. The molecular weight excluding hydrogens is 272 g/mol. The molecule has 0 bridgehead atoms. The van der Waals surface area contributed by atoms with Crippen LogP contribution in [0.4, 0.5) is 0 Å². The van der Waals surface area contributed by atoms with E-state index in [1.165, 1.54) is 0 Å². The second kappa shape index (κ2) is 6.58. The molecular formula is C15H20N2O4. The number of likely N-dealkylation sites (tertiary alicyclic amines) is 1. The van der Waals surface area contributed by atoms with Crippen molar-refractivity contribution in [3.63, 3.8) is 0 Å². The van der Waals surface area contributed by atoms with Crippen LogP contribution < -0.4 is 10.5 Å². The minimum absolute atomic E-state index is 0.117. The van der Waals surface area contributed by atoms with Crippen molar-refractivity contribution in [1.82, 2.24) is 4.90 Å². The van der Waals surface area contributed by atoms with Gasteiger partial charge in [-0.25, -0.2) is 0 Å². The van der Waals surface area contributed by atoms with Crippen LogP contribution in [-0.2, 0) is 4.79 Å². The summed E-state index contributed by atoms with van der Waals surface area (Å²) in [6, 6.07) is 6.56. The molecule has 6 heteroatoms. The lowest BCUT2D eigenvalue weighted by atomic mass is 10.0. The van der Waals surface area contributed by atoms with Crippen LogP contribution in [0.25, 0.3) is 0 Å². The minimum Gasteiger partial charge on any atom is -0.483 e. The molecule has 0 saturated carbocycles. The van der Waals surface area contributed by atoms with Crippen molar-refractivity contribution in [2.75, 3.05) is 19.7 Å². The van der Waals surface area contributed by atoms with Crippen LogP contribution in [0.2, 0.25) is 0 Å². The highest BCUT2D eigenvalue weighted by atomic mass is 16.5. The predicted molar refractivity (Wildman–Crippen MR) is 76.8 cm³/mol. The number of carbonyl (C=O) groups is 2. The van der Waals surface area contributed by atoms with Crippen LogP contribution in [0.15, 0.2) is 24.3 Å². The lowest BCUT2D eigenvalue weighted by Gasteiger charge is -2.18. The molecule has 1 fully saturated rings. The van der Waals surface area contributed by atoms with Gasteiger partial charge in [0.25, 0.3) is 11.8 Å². The fourth-order valence-corrected chi connectivity index (χ4v) is 2.43. The summed E-state index contributed by atoms with van der Waals surface area (Å²) in [7, 11) is 0. The quantitative estimate of drug-likeness (QED) is 0.821. The molecule has 2 atom stereocenters. The van der Waals surface area contributed by atoms with Gasteiger partial charge in [0, 0.05) is 19.0 Å². The molecule has 0 spiro atoms. The zero-order valence-electron chi connectivity index (χ0n) is 12.0. The Kier molecular flexibility index (Phi) is 4.80. The third-order valence-electron chi connectivity index (χ3n) is 3.76. The maximum atomic E-state index is 12.1. The van der Waals surface area contributed by atoms with Gasteiger partial charge in [-0.15, -0.1) is 0 Å². The number of rotatable bonds is 5. The van der Waals surface area contributed by atoms with E-state index in [2.05, 4.69) is 0 Å². The van der Waals surface area contributed by atoms with E-state index in [0.717, 1.165) is 6.42 Å². The predicted octanol–water partition coefficient (Wildman–Crippen LogP) is 0.394. The number of carbonyl (C=O) groups excluding carboxylic acids is 2. The van der Waals surface area contributed by atoms with Crippen LogP contribution in [0.3, 0.4) is 0 Å². The fourth-order valence-electron chi connectivity index (χ4n) is 2.43. The van der Waals surface area contributed by atoms with Crippen molar-refractivity contribution in [2.24, 2.45) is 11.7 Å². The first-order valence-corrected chi connectivity index (χ1v) is 6.96. The van der Waals surface area contributed by atoms with E-state index in [1.807, 2.05) is 0 Å². The Hall–Kier alpha value is -2.08. The van der Waals surface area contributed by atoms with E-state index >= 15 is 0 Å². The van der Waals surface area contributed by atoms with Crippen molar-refractivity contribution in [1.29, 1.82) is 0 Å². The number of hydrogen-bond acceptors (Lipinski definition) is 4. The summed E-state index contributed by atoms with van der Waals surface area (Å²) >= 11 is 0. The molecule has 6 nitrogen and oxygen atoms in total. The molecule has 0 aliphatic carbocycles. The number of nitrogens with zero attached hydrogens (tertiary/aromatic N) is 1. The number of primary amides is 1. The number of nitrogens with two attached hydrogens (primary N) is 1. The molecule has 1 aliphatic heterocycles. The Bertz CT molecular complexity index is 530. The van der Waals surface area contributed by atoms with Crippen LogP contribution in [-0.4, -0.2) is 47.6 Å². The molecule has 114 valence electrons. The number of ether oxygens (including phenoxy) is 1. The Morgan fingerprint density at radius 3 is 2.81 bits per heavy atom. The molecule has 1 aromatic carbocycles. The Morgan fingerprint density at radius 1 is 1.48 bits per heavy atom. The topological polar surface area (TPSA) is 92.9 Å². The van der Waals surface area contributed by atoms with Gasteiger partial charge in [-0.1, -0.05) is 12.1 Å².